The minimum absolute atomic E-state index is 0.112. The summed E-state index contributed by atoms with van der Waals surface area (Å²) in [5.41, 5.74) is 2.36. The van der Waals surface area contributed by atoms with Crippen molar-refractivity contribution in [2.75, 3.05) is 0 Å². The molecule has 126 valence electrons. The van der Waals surface area contributed by atoms with Gasteiger partial charge >= 0.3 is 5.97 Å². The number of nitrogens with zero attached hydrogens (tertiary/aromatic N) is 1. The smallest absolute Gasteiger partial charge is 0.335 e. The first-order chi connectivity index (χ1) is 12.6. The number of Topliss-reactive ketones (excluding diaryl/α,β-unsaturated/α-hetero) is 2. The molecular formula is C21H13NO4. The molecule has 0 amide bonds. The van der Waals surface area contributed by atoms with Gasteiger partial charge in [-0.3, -0.25) is 9.59 Å². The number of fused-ring (bicyclic) bond motifs is 1. The minimum Gasteiger partial charge on any atom is -0.478 e. The van der Waals surface area contributed by atoms with Crippen molar-refractivity contribution in [2.24, 2.45) is 0 Å². The quantitative estimate of drug-likeness (QED) is 0.582. The molecule has 1 heterocycles. The Hall–Kier alpha value is -3.73. The van der Waals surface area contributed by atoms with Crippen molar-refractivity contribution >= 4 is 23.6 Å². The van der Waals surface area contributed by atoms with Crippen LogP contribution in [0.3, 0.4) is 0 Å². The van der Waals surface area contributed by atoms with Crippen LogP contribution in [0.4, 0.5) is 0 Å². The molecular weight excluding hydrogens is 330 g/mol. The predicted molar refractivity (Wildman–Crippen MR) is 95.8 cm³/mol. The highest BCUT2D eigenvalue weighted by atomic mass is 16.4. The summed E-state index contributed by atoms with van der Waals surface area (Å²) in [7, 11) is 0. The van der Waals surface area contributed by atoms with E-state index in [1.807, 2.05) is 0 Å². The Morgan fingerprint density at radius 2 is 1.58 bits per heavy atom. The van der Waals surface area contributed by atoms with Gasteiger partial charge in [-0.15, -0.1) is 0 Å². The highest BCUT2D eigenvalue weighted by Crippen LogP contribution is 2.28. The summed E-state index contributed by atoms with van der Waals surface area (Å²) in [6.07, 6.45) is 3.31. The van der Waals surface area contributed by atoms with E-state index in [0.29, 0.717) is 22.5 Å². The number of hydrogen-bond acceptors (Lipinski definition) is 3. The van der Waals surface area contributed by atoms with E-state index in [1.165, 1.54) is 12.1 Å². The van der Waals surface area contributed by atoms with Crippen molar-refractivity contribution in [1.82, 2.24) is 4.57 Å². The molecule has 2 aromatic carbocycles. The lowest BCUT2D eigenvalue weighted by atomic mass is 10.1. The van der Waals surface area contributed by atoms with Gasteiger partial charge in [-0.2, -0.15) is 0 Å². The van der Waals surface area contributed by atoms with Gasteiger partial charge in [-0.1, -0.05) is 30.3 Å². The van der Waals surface area contributed by atoms with Crippen molar-refractivity contribution in [1.29, 1.82) is 0 Å². The first kappa shape index (κ1) is 15.8. The monoisotopic (exact) mass is 343 g/mol. The Balaban J connectivity index is 1.79. The van der Waals surface area contributed by atoms with Crippen molar-refractivity contribution in [3.8, 4) is 5.69 Å². The molecule has 4 rings (SSSR count). The van der Waals surface area contributed by atoms with Gasteiger partial charge in [0.2, 0.25) is 0 Å². The fourth-order valence-corrected chi connectivity index (χ4v) is 3.09. The molecule has 1 aliphatic carbocycles. The molecule has 0 saturated heterocycles. The van der Waals surface area contributed by atoms with Crippen LogP contribution >= 0.6 is 0 Å². The van der Waals surface area contributed by atoms with E-state index in [2.05, 4.69) is 0 Å². The lowest BCUT2D eigenvalue weighted by Gasteiger charge is -2.08. The summed E-state index contributed by atoms with van der Waals surface area (Å²) in [5, 5.41) is 9.16. The largest absolute Gasteiger partial charge is 0.478 e. The Labute approximate surface area is 148 Å². The van der Waals surface area contributed by atoms with Gasteiger partial charge in [0, 0.05) is 28.7 Å². The maximum atomic E-state index is 12.5. The number of carbonyl (C=O) groups is 3. The van der Waals surface area contributed by atoms with Crippen LogP contribution in [0.5, 0.6) is 0 Å². The number of ketones is 2. The molecule has 0 bridgehead atoms. The van der Waals surface area contributed by atoms with E-state index in [0.717, 1.165) is 0 Å². The van der Waals surface area contributed by atoms with E-state index < -0.39 is 5.97 Å². The van der Waals surface area contributed by atoms with Crippen LogP contribution in [0.15, 0.2) is 72.4 Å². The molecule has 0 unspecified atom stereocenters. The van der Waals surface area contributed by atoms with Crippen LogP contribution in [0.2, 0.25) is 0 Å². The van der Waals surface area contributed by atoms with Crippen LogP contribution in [0.1, 0.15) is 36.8 Å². The van der Waals surface area contributed by atoms with Crippen molar-refractivity contribution in [3.63, 3.8) is 0 Å². The summed E-state index contributed by atoms with van der Waals surface area (Å²) in [4.78, 5) is 36.3. The molecule has 0 saturated carbocycles. The lowest BCUT2D eigenvalue weighted by molar-refractivity contribution is 0.0696. The number of carboxylic acid groups (broad SMARTS) is 1. The van der Waals surface area contributed by atoms with Crippen LogP contribution < -0.4 is 0 Å². The second-order valence-electron chi connectivity index (χ2n) is 5.92. The van der Waals surface area contributed by atoms with Crippen molar-refractivity contribution < 1.29 is 19.5 Å². The lowest BCUT2D eigenvalue weighted by Crippen LogP contribution is -2.03. The molecule has 1 aliphatic rings. The van der Waals surface area contributed by atoms with Gasteiger partial charge in [0.25, 0.3) is 0 Å². The fraction of sp³-hybridized carbons (Fsp3) is 0. The highest BCUT2D eigenvalue weighted by molar-refractivity contribution is 6.41. The average molecular weight is 343 g/mol. The summed E-state index contributed by atoms with van der Waals surface area (Å²) in [6.45, 7) is 0. The maximum Gasteiger partial charge on any atom is 0.335 e. The number of hydrogen-bond donors (Lipinski definition) is 1. The van der Waals surface area contributed by atoms with E-state index >= 15 is 0 Å². The van der Waals surface area contributed by atoms with Crippen LogP contribution in [0.25, 0.3) is 11.8 Å². The molecule has 0 spiro atoms. The zero-order chi connectivity index (χ0) is 18.3. The van der Waals surface area contributed by atoms with Gasteiger partial charge in [-0.25, -0.2) is 4.79 Å². The molecule has 5 heteroatoms. The number of aromatic nitrogens is 1. The van der Waals surface area contributed by atoms with Crippen molar-refractivity contribution in [2.45, 2.75) is 0 Å². The second-order valence-corrected chi connectivity index (χ2v) is 5.92. The number of rotatable bonds is 3. The normalized spacial score (nSPS) is 13.0. The molecule has 0 radical (unpaired) electrons. The van der Waals surface area contributed by atoms with Crippen LogP contribution in [-0.2, 0) is 0 Å². The van der Waals surface area contributed by atoms with Gasteiger partial charge in [-0.05, 0) is 36.4 Å². The molecule has 1 N–H and O–H groups in total. The minimum atomic E-state index is -1.02. The summed E-state index contributed by atoms with van der Waals surface area (Å²) >= 11 is 0. The highest BCUT2D eigenvalue weighted by Gasteiger charge is 2.32. The van der Waals surface area contributed by atoms with Crippen molar-refractivity contribution in [3.05, 3.63) is 94.8 Å². The molecule has 0 atom stereocenters. The Morgan fingerprint density at radius 3 is 2.23 bits per heavy atom. The number of carbonyl (C=O) groups excluding carboxylic acids is 2. The maximum absolute atomic E-state index is 12.5. The summed E-state index contributed by atoms with van der Waals surface area (Å²) in [6, 6.07) is 16.8. The van der Waals surface area contributed by atoms with E-state index in [-0.39, 0.29) is 22.7 Å². The van der Waals surface area contributed by atoms with Gasteiger partial charge in [0.05, 0.1) is 11.1 Å². The van der Waals surface area contributed by atoms with E-state index in [4.69, 9.17) is 5.11 Å². The standard InChI is InChI=1S/C21H13NO4/c23-19-16-8-1-2-9-17(16)20(24)18(19)12-15-7-4-10-22(15)14-6-3-5-13(11-14)21(25)26/h1-12H,(H,25,26). The van der Waals surface area contributed by atoms with E-state index in [9.17, 15) is 14.4 Å². The first-order valence-corrected chi connectivity index (χ1v) is 7.97. The van der Waals surface area contributed by atoms with Crippen LogP contribution in [0, 0.1) is 0 Å². The number of allylic oxidation sites excluding steroid dienone is 1. The van der Waals surface area contributed by atoms with Gasteiger partial charge in [0.15, 0.2) is 11.6 Å². The molecule has 1 aromatic heterocycles. The number of carboxylic acids is 1. The average Bonchev–Trinajstić information content (AvgIpc) is 3.21. The van der Waals surface area contributed by atoms with Gasteiger partial charge < -0.3 is 9.67 Å². The number of benzene rings is 2. The topological polar surface area (TPSA) is 76.4 Å². The van der Waals surface area contributed by atoms with E-state index in [1.54, 1.807) is 65.4 Å². The predicted octanol–water partition coefficient (Wildman–Crippen LogP) is 3.64. The third kappa shape index (κ3) is 2.46. The van der Waals surface area contributed by atoms with Crippen LogP contribution in [-0.4, -0.2) is 27.2 Å². The zero-order valence-electron chi connectivity index (χ0n) is 13.5. The Bertz CT molecular complexity index is 1070. The van der Waals surface area contributed by atoms with Gasteiger partial charge in [0.1, 0.15) is 0 Å². The summed E-state index contributed by atoms with van der Waals surface area (Å²) < 4.78 is 1.74. The molecule has 5 nitrogen and oxygen atoms in total. The molecule has 0 fully saturated rings. The fourth-order valence-electron chi connectivity index (χ4n) is 3.09. The Morgan fingerprint density at radius 1 is 0.885 bits per heavy atom. The molecule has 0 aliphatic heterocycles. The second kappa shape index (κ2) is 5.97. The summed E-state index contributed by atoms with van der Waals surface area (Å²) in [5.74, 6) is -1.61. The third-order valence-corrected chi connectivity index (χ3v) is 4.35. The number of aromatic carboxylic acids is 1. The first-order valence-electron chi connectivity index (χ1n) is 7.97. The zero-order valence-corrected chi connectivity index (χ0v) is 13.5. The third-order valence-electron chi connectivity index (χ3n) is 4.35. The molecule has 3 aromatic rings. The SMILES string of the molecule is O=C(O)c1cccc(-n2cccc2C=C2C(=O)c3ccccc3C2=O)c1. The molecule has 26 heavy (non-hydrogen) atoms. The Kier molecular flexibility index (Phi) is 3.62.